The summed E-state index contributed by atoms with van der Waals surface area (Å²) in [5.74, 6) is 0.293. The highest BCUT2D eigenvalue weighted by Crippen LogP contribution is 2.32. The van der Waals surface area contributed by atoms with Gasteiger partial charge in [-0.3, -0.25) is 4.90 Å². The van der Waals surface area contributed by atoms with Gasteiger partial charge >= 0.3 is 0 Å². The van der Waals surface area contributed by atoms with E-state index in [0.29, 0.717) is 0 Å². The molecule has 1 fully saturated rings. The van der Waals surface area contributed by atoms with Crippen molar-refractivity contribution in [1.82, 2.24) is 4.90 Å². The largest absolute Gasteiger partial charge is 0.292 e. The van der Waals surface area contributed by atoms with Gasteiger partial charge in [0.05, 0.1) is 6.04 Å². The summed E-state index contributed by atoms with van der Waals surface area (Å²) < 4.78 is 26.5. The van der Waals surface area contributed by atoms with Crippen LogP contribution in [0.25, 0.3) is 0 Å². The number of hydrogen-bond acceptors (Lipinski definition) is 1. The average molecular weight is 362 g/mol. The first-order chi connectivity index (χ1) is 12.6. The van der Waals surface area contributed by atoms with Gasteiger partial charge in [0.2, 0.25) is 0 Å². The molecule has 3 rings (SSSR count). The lowest BCUT2D eigenvalue weighted by molar-refractivity contribution is 0.157. The molecule has 0 aliphatic carbocycles. The first kappa shape index (κ1) is 22.3. The monoisotopic (exact) mass is 361 g/mol. The highest BCUT2D eigenvalue weighted by molar-refractivity contribution is 5.32. The Morgan fingerprint density at radius 2 is 1.08 bits per heavy atom. The SMILES string of the molecule is CC.CC.CC1CCN(C(c2ccc(F)cc2)c2ccc(F)cc2)CC1. The zero-order valence-electron chi connectivity index (χ0n) is 16.8. The number of rotatable bonds is 3. The summed E-state index contributed by atoms with van der Waals surface area (Å²) in [7, 11) is 0. The van der Waals surface area contributed by atoms with Crippen molar-refractivity contribution in [1.29, 1.82) is 0 Å². The predicted octanol–water partition coefficient (Wildman–Crippen LogP) is 6.84. The Morgan fingerprint density at radius 1 is 0.731 bits per heavy atom. The second-order valence-electron chi connectivity index (χ2n) is 6.22. The van der Waals surface area contributed by atoms with E-state index in [4.69, 9.17) is 0 Å². The molecular weight excluding hydrogens is 328 g/mol. The smallest absolute Gasteiger partial charge is 0.123 e. The fourth-order valence-corrected chi connectivity index (χ4v) is 3.19. The van der Waals surface area contributed by atoms with Crippen LogP contribution in [0, 0.1) is 17.6 Å². The third-order valence-electron chi connectivity index (χ3n) is 4.55. The van der Waals surface area contributed by atoms with Gasteiger partial charge in [-0.15, -0.1) is 0 Å². The van der Waals surface area contributed by atoms with Crippen LogP contribution in [-0.2, 0) is 0 Å². The van der Waals surface area contributed by atoms with Crippen molar-refractivity contribution < 1.29 is 8.78 Å². The minimum atomic E-state index is -0.228. The van der Waals surface area contributed by atoms with Crippen molar-refractivity contribution >= 4 is 0 Å². The number of benzene rings is 2. The van der Waals surface area contributed by atoms with Gasteiger partial charge in [0, 0.05) is 0 Å². The molecular formula is C23H33F2N. The number of nitrogens with zero attached hydrogens (tertiary/aromatic N) is 1. The molecule has 1 aliphatic rings. The fraction of sp³-hybridized carbons (Fsp3) is 0.478. The van der Waals surface area contributed by atoms with Crippen LogP contribution in [0.4, 0.5) is 8.78 Å². The Labute approximate surface area is 158 Å². The number of halogens is 2. The van der Waals surface area contributed by atoms with Crippen LogP contribution in [-0.4, -0.2) is 18.0 Å². The van der Waals surface area contributed by atoms with E-state index in [0.717, 1.165) is 30.1 Å². The van der Waals surface area contributed by atoms with Crippen molar-refractivity contribution in [2.75, 3.05) is 13.1 Å². The number of hydrogen-bond donors (Lipinski definition) is 0. The van der Waals surface area contributed by atoms with E-state index in [9.17, 15) is 8.78 Å². The third-order valence-corrected chi connectivity index (χ3v) is 4.55. The lowest BCUT2D eigenvalue weighted by atomic mass is 9.92. The van der Waals surface area contributed by atoms with E-state index in [2.05, 4.69) is 11.8 Å². The van der Waals surface area contributed by atoms with Crippen LogP contribution in [0.2, 0.25) is 0 Å². The summed E-state index contributed by atoms with van der Waals surface area (Å²) in [6.45, 7) is 12.3. The van der Waals surface area contributed by atoms with E-state index in [1.807, 2.05) is 52.0 Å². The Bertz CT molecular complexity index is 554. The first-order valence-electron chi connectivity index (χ1n) is 9.88. The molecule has 3 heteroatoms. The van der Waals surface area contributed by atoms with Gasteiger partial charge in [0.15, 0.2) is 0 Å². The van der Waals surface area contributed by atoms with Gasteiger partial charge in [-0.05, 0) is 67.2 Å². The summed E-state index contributed by atoms with van der Waals surface area (Å²) >= 11 is 0. The van der Waals surface area contributed by atoms with Crippen molar-refractivity contribution in [2.24, 2.45) is 5.92 Å². The summed E-state index contributed by atoms with van der Waals surface area (Å²) in [5.41, 5.74) is 2.12. The molecule has 1 nitrogen and oxygen atoms in total. The maximum Gasteiger partial charge on any atom is 0.123 e. The van der Waals surface area contributed by atoms with Crippen molar-refractivity contribution in [3.63, 3.8) is 0 Å². The molecule has 0 bridgehead atoms. The van der Waals surface area contributed by atoms with E-state index < -0.39 is 0 Å². The van der Waals surface area contributed by atoms with E-state index in [1.165, 1.54) is 37.1 Å². The molecule has 0 spiro atoms. The van der Waals surface area contributed by atoms with E-state index >= 15 is 0 Å². The molecule has 0 N–H and O–H groups in total. The van der Waals surface area contributed by atoms with Gasteiger partial charge in [-0.2, -0.15) is 0 Å². The van der Waals surface area contributed by atoms with Crippen LogP contribution in [0.15, 0.2) is 48.5 Å². The maximum absolute atomic E-state index is 13.2. The highest BCUT2D eigenvalue weighted by Gasteiger charge is 2.26. The molecule has 1 aliphatic heterocycles. The maximum atomic E-state index is 13.2. The van der Waals surface area contributed by atoms with Gasteiger partial charge in [0.25, 0.3) is 0 Å². The minimum absolute atomic E-state index is 0.0636. The van der Waals surface area contributed by atoms with Crippen molar-refractivity contribution in [3.05, 3.63) is 71.3 Å². The predicted molar refractivity (Wildman–Crippen MR) is 107 cm³/mol. The molecule has 0 aromatic heterocycles. The molecule has 2 aromatic carbocycles. The molecule has 1 heterocycles. The summed E-state index contributed by atoms with van der Waals surface area (Å²) in [4.78, 5) is 2.42. The van der Waals surface area contributed by atoms with Gasteiger partial charge in [-0.25, -0.2) is 8.78 Å². The summed E-state index contributed by atoms with van der Waals surface area (Å²) in [6.07, 6.45) is 2.33. The summed E-state index contributed by atoms with van der Waals surface area (Å²) in [5, 5.41) is 0. The van der Waals surface area contributed by atoms with E-state index in [1.54, 1.807) is 0 Å². The summed E-state index contributed by atoms with van der Waals surface area (Å²) in [6, 6.07) is 13.4. The lowest BCUT2D eigenvalue weighted by Crippen LogP contribution is -2.36. The van der Waals surface area contributed by atoms with Gasteiger partial charge in [-0.1, -0.05) is 58.9 Å². The average Bonchev–Trinajstić information content (AvgIpc) is 2.70. The zero-order chi connectivity index (χ0) is 19.5. The third kappa shape index (κ3) is 6.21. The Kier molecular flexibility index (Phi) is 10.1. The molecule has 2 aromatic rings. The topological polar surface area (TPSA) is 3.24 Å². The van der Waals surface area contributed by atoms with Crippen molar-refractivity contribution in [3.8, 4) is 0 Å². The molecule has 0 atom stereocenters. The van der Waals surface area contributed by atoms with E-state index in [-0.39, 0.29) is 17.7 Å². The minimum Gasteiger partial charge on any atom is -0.292 e. The molecule has 1 saturated heterocycles. The van der Waals surface area contributed by atoms with Crippen LogP contribution in [0.1, 0.15) is 64.6 Å². The fourth-order valence-electron chi connectivity index (χ4n) is 3.19. The molecule has 0 unspecified atom stereocenters. The molecule has 0 radical (unpaired) electrons. The highest BCUT2D eigenvalue weighted by atomic mass is 19.1. The van der Waals surface area contributed by atoms with Gasteiger partial charge < -0.3 is 0 Å². The zero-order valence-corrected chi connectivity index (χ0v) is 16.8. The Hall–Kier alpha value is -1.74. The van der Waals surface area contributed by atoms with Crippen molar-refractivity contribution in [2.45, 2.75) is 53.5 Å². The molecule has 144 valence electrons. The quantitative estimate of drug-likeness (QED) is 0.578. The molecule has 26 heavy (non-hydrogen) atoms. The van der Waals surface area contributed by atoms with Gasteiger partial charge in [0.1, 0.15) is 11.6 Å². The van der Waals surface area contributed by atoms with Crippen LogP contribution in [0.5, 0.6) is 0 Å². The second-order valence-corrected chi connectivity index (χ2v) is 6.22. The molecule has 0 amide bonds. The van der Waals surface area contributed by atoms with Crippen LogP contribution in [0.3, 0.4) is 0 Å². The second kappa shape index (κ2) is 11.8. The lowest BCUT2D eigenvalue weighted by Gasteiger charge is -2.37. The van der Waals surface area contributed by atoms with Crippen LogP contribution >= 0.6 is 0 Å². The first-order valence-corrected chi connectivity index (χ1v) is 9.88. The Balaban J connectivity index is 0.000000791. The molecule has 0 saturated carbocycles. The number of piperidine rings is 1. The normalized spacial score (nSPS) is 14.9. The van der Waals surface area contributed by atoms with Crippen LogP contribution < -0.4 is 0 Å². The number of likely N-dealkylation sites (tertiary alicyclic amines) is 1. The standard InChI is InChI=1S/C19H21F2N.2C2H6/c1-14-10-12-22(13-11-14)19(15-2-6-17(20)7-3-15)16-4-8-18(21)9-5-16;2*1-2/h2-9,14,19H,10-13H2,1H3;2*1-2H3. The Morgan fingerprint density at radius 3 is 1.42 bits per heavy atom.